The molecule has 0 aromatic carbocycles. The number of thiol groups is 1. The molecular formula is C15H26N6O7S. The summed E-state index contributed by atoms with van der Waals surface area (Å²) in [6.07, 6.45) is -0.560. The SMILES string of the molecule is NC(=O)CCC(N)C(=O)NCC(=O)NC(CS)C(=O)NC(CCC(N)=O)C(=O)O. The molecule has 0 aliphatic heterocycles. The van der Waals surface area contributed by atoms with Crippen LogP contribution in [0.25, 0.3) is 0 Å². The zero-order valence-corrected chi connectivity index (χ0v) is 16.4. The molecule has 0 aliphatic rings. The van der Waals surface area contributed by atoms with Gasteiger partial charge in [0.05, 0.1) is 12.6 Å². The van der Waals surface area contributed by atoms with Gasteiger partial charge in [-0.15, -0.1) is 0 Å². The third-order valence-corrected chi connectivity index (χ3v) is 3.96. The van der Waals surface area contributed by atoms with E-state index in [-0.39, 0.29) is 31.4 Å². The van der Waals surface area contributed by atoms with Gasteiger partial charge in [0, 0.05) is 18.6 Å². The first-order valence-corrected chi connectivity index (χ1v) is 9.14. The van der Waals surface area contributed by atoms with Gasteiger partial charge in [-0.25, -0.2) is 4.79 Å². The average molecular weight is 434 g/mol. The molecule has 3 unspecified atom stereocenters. The third-order valence-electron chi connectivity index (χ3n) is 3.59. The van der Waals surface area contributed by atoms with Crippen molar-refractivity contribution in [2.24, 2.45) is 17.2 Å². The molecule has 10 N–H and O–H groups in total. The molecule has 29 heavy (non-hydrogen) atoms. The minimum Gasteiger partial charge on any atom is -0.480 e. The van der Waals surface area contributed by atoms with Crippen molar-refractivity contribution in [3.8, 4) is 0 Å². The Kier molecular flexibility index (Phi) is 12.0. The summed E-state index contributed by atoms with van der Waals surface area (Å²) in [6, 6.07) is -3.61. The topological polar surface area (TPSA) is 237 Å². The highest BCUT2D eigenvalue weighted by Crippen LogP contribution is 2.00. The minimum atomic E-state index is -1.38. The van der Waals surface area contributed by atoms with E-state index in [2.05, 4.69) is 28.6 Å². The molecule has 0 saturated carbocycles. The van der Waals surface area contributed by atoms with Crippen LogP contribution in [0.5, 0.6) is 0 Å². The molecule has 0 spiro atoms. The molecule has 0 heterocycles. The Hall–Kier alpha value is -2.87. The van der Waals surface area contributed by atoms with Gasteiger partial charge in [0.2, 0.25) is 29.5 Å². The Morgan fingerprint density at radius 2 is 1.41 bits per heavy atom. The highest BCUT2D eigenvalue weighted by Gasteiger charge is 2.26. The highest BCUT2D eigenvalue weighted by atomic mass is 32.1. The average Bonchev–Trinajstić information content (AvgIpc) is 2.64. The van der Waals surface area contributed by atoms with Crippen LogP contribution in [-0.2, 0) is 28.8 Å². The summed E-state index contributed by atoms with van der Waals surface area (Å²) in [5.41, 5.74) is 15.5. The fraction of sp³-hybridized carbons (Fsp3) is 0.600. The van der Waals surface area contributed by atoms with E-state index in [1.807, 2.05) is 0 Å². The summed E-state index contributed by atoms with van der Waals surface area (Å²) < 4.78 is 0. The Bertz CT molecular complexity index is 645. The Morgan fingerprint density at radius 3 is 1.90 bits per heavy atom. The molecule has 0 fully saturated rings. The van der Waals surface area contributed by atoms with Crippen LogP contribution in [0.3, 0.4) is 0 Å². The highest BCUT2D eigenvalue weighted by molar-refractivity contribution is 7.80. The molecule has 5 amide bonds. The van der Waals surface area contributed by atoms with Crippen molar-refractivity contribution in [1.29, 1.82) is 0 Å². The van der Waals surface area contributed by atoms with Gasteiger partial charge in [-0.3, -0.25) is 24.0 Å². The van der Waals surface area contributed by atoms with Crippen LogP contribution in [0.1, 0.15) is 25.7 Å². The van der Waals surface area contributed by atoms with Gasteiger partial charge in [-0.05, 0) is 12.8 Å². The number of aliphatic carboxylic acids is 1. The van der Waals surface area contributed by atoms with E-state index in [1.54, 1.807) is 0 Å². The van der Waals surface area contributed by atoms with Crippen molar-refractivity contribution >= 4 is 48.1 Å². The van der Waals surface area contributed by atoms with E-state index < -0.39 is 60.2 Å². The van der Waals surface area contributed by atoms with Crippen molar-refractivity contribution in [1.82, 2.24) is 16.0 Å². The van der Waals surface area contributed by atoms with Crippen LogP contribution in [-0.4, -0.2) is 71.0 Å². The molecule has 13 nitrogen and oxygen atoms in total. The zero-order valence-electron chi connectivity index (χ0n) is 15.6. The van der Waals surface area contributed by atoms with Gasteiger partial charge in [0.15, 0.2) is 0 Å². The molecule has 0 radical (unpaired) electrons. The molecular weight excluding hydrogens is 408 g/mol. The molecule has 0 bridgehead atoms. The maximum absolute atomic E-state index is 12.2. The van der Waals surface area contributed by atoms with E-state index in [0.717, 1.165) is 0 Å². The van der Waals surface area contributed by atoms with Crippen LogP contribution < -0.4 is 33.2 Å². The maximum atomic E-state index is 12.2. The van der Waals surface area contributed by atoms with Gasteiger partial charge in [-0.1, -0.05) is 0 Å². The predicted octanol–water partition coefficient (Wildman–Crippen LogP) is -4.06. The summed E-state index contributed by atoms with van der Waals surface area (Å²) in [4.78, 5) is 68.4. The largest absolute Gasteiger partial charge is 0.480 e. The number of carbonyl (C=O) groups excluding carboxylic acids is 5. The zero-order chi connectivity index (χ0) is 22.6. The van der Waals surface area contributed by atoms with Gasteiger partial charge in [-0.2, -0.15) is 12.6 Å². The number of hydrogen-bond acceptors (Lipinski definition) is 8. The van der Waals surface area contributed by atoms with Gasteiger partial charge in [0.25, 0.3) is 0 Å². The van der Waals surface area contributed by atoms with E-state index >= 15 is 0 Å². The van der Waals surface area contributed by atoms with Crippen LogP contribution in [0, 0.1) is 0 Å². The van der Waals surface area contributed by atoms with Gasteiger partial charge >= 0.3 is 5.97 Å². The monoisotopic (exact) mass is 434 g/mol. The first-order valence-electron chi connectivity index (χ1n) is 8.51. The molecule has 0 aromatic heterocycles. The fourth-order valence-corrected chi connectivity index (χ4v) is 2.24. The number of rotatable bonds is 14. The predicted molar refractivity (Wildman–Crippen MR) is 103 cm³/mol. The standard InChI is InChI=1S/C15H26N6O7S/c16-7(1-3-10(17)22)13(25)19-5-12(24)20-9(6-29)14(26)21-8(15(27)28)2-4-11(18)23/h7-9,29H,1-6,16H2,(H2,17,22)(H2,18,23)(H,19,25)(H,20,24)(H,21,26)(H,27,28). The van der Waals surface area contributed by atoms with Crippen molar-refractivity contribution in [3.63, 3.8) is 0 Å². The number of carbonyl (C=O) groups is 6. The molecule has 164 valence electrons. The van der Waals surface area contributed by atoms with Crippen molar-refractivity contribution in [2.75, 3.05) is 12.3 Å². The van der Waals surface area contributed by atoms with Gasteiger partial charge in [0.1, 0.15) is 12.1 Å². The summed E-state index contributed by atoms with van der Waals surface area (Å²) in [7, 11) is 0. The maximum Gasteiger partial charge on any atom is 0.326 e. The third kappa shape index (κ3) is 11.5. The Labute approximate surface area is 171 Å². The number of nitrogens with one attached hydrogen (secondary N) is 3. The second kappa shape index (κ2) is 13.3. The number of amides is 5. The molecule has 0 saturated heterocycles. The number of nitrogens with two attached hydrogens (primary N) is 3. The first kappa shape index (κ1) is 26.1. The van der Waals surface area contributed by atoms with Crippen molar-refractivity contribution < 1.29 is 33.9 Å². The number of carboxylic acids is 1. The molecule has 14 heteroatoms. The lowest BCUT2D eigenvalue weighted by Gasteiger charge is -2.20. The van der Waals surface area contributed by atoms with Crippen molar-refractivity contribution in [2.45, 2.75) is 43.8 Å². The van der Waals surface area contributed by atoms with E-state index in [0.29, 0.717) is 0 Å². The molecule has 0 aromatic rings. The van der Waals surface area contributed by atoms with E-state index in [1.165, 1.54) is 0 Å². The summed E-state index contributed by atoms with van der Waals surface area (Å²) in [5.74, 6) is -5.16. The molecule has 3 atom stereocenters. The molecule has 0 rings (SSSR count). The van der Waals surface area contributed by atoms with Crippen molar-refractivity contribution in [3.05, 3.63) is 0 Å². The van der Waals surface area contributed by atoms with Crippen LogP contribution in [0.4, 0.5) is 0 Å². The fourth-order valence-electron chi connectivity index (χ4n) is 1.98. The quantitative estimate of drug-likeness (QED) is 0.125. The lowest BCUT2D eigenvalue weighted by atomic mass is 10.1. The second-order valence-electron chi connectivity index (χ2n) is 6.04. The summed E-state index contributed by atoms with van der Waals surface area (Å²) >= 11 is 3.93. The van der Waals surface area contributed by atoms with E-state index in [9.17, 15) is 28.8 Å². The minimum absolute atomic E-state index is 0.00629. The summed E-state index contributed by atoms with van der Waals surface area (Å²) in [5, 5.41) is 15.8. The summed E-state index contributed by atoms with van der Waals surface area (Å²) in [6.45, 7) is -0.509. The first-order chi connectivity index (χ1) is 13.5. The van der Waals surface area contributed by atoms with E-state index in [4.69, 9.17) is 22.3 Å². The lowest BCUT2D eigenvalue weighted by molar-refractivity contribution is -0.142. The Balaban J connectivity index is 4.59. The normalized spacial score (nSPS) is 13.4. The molecule has 0 aliphatic carbocycles. The second-order valence-corrected chi connectivity index (χ2v) is 6.40. The number of carboxylic acid groups (broad SMARTS) is 1. The van der Waals surface area contributed by atoms with Gasteiger partial charge < -0.3 is 38.3 Å². The Morgan fingerprint density at radius 1 is 0.862 bits per heavy atom. The smallest absolute Gasteiger partial charge is 0.326 e. The number of primary amides is 2. The lowest BCUT2D eigenvalue weighted by Crippen LogP contribution is -2.54. The van der Waals surface area contributed by atoms with Crippen LogP contribution in [0.2, 0.25) is 0 Å². The number of hydrogen-bond donors (Lipinski definition) is 8. The van der Waals surface area contributed by atoms with Crippen LogP contribution >= 0.6 is 12.6 Å². The van der Waals surface area contributed by atoms with Crippen LogP contribution in [0.15, 0.2) is 0 Å².